The van der Waals surface area contributed by atoms with Crippen molar-refractivity contribution >= 4 is 38.6 Å². The molecule has 23 heavy (non-hydrogen) atoms. The van der Waals surface area contributed by atoms with Crippen LogP contribution in [-0.2, 0) is 16.4 Å². The van der Waals surface area contributed by atoms with Gasteiger partial charge in [-0.05, 0) is 41.8 Å². The standard InChI is InChI=1S/C17H14ClNO2S2/c18-16-9-10-17(22-16)23(20,21)19-15-8-4-7-14(12-15)11-13-5-2-1-3-6-13/h1-10,12,19H,11H2. The monoisotopic (exact) mass is 363 g/mol. The lowest BCUT2D eigenvalue weighted by atomic mass is 10.0. The van der Waals surface area contributed by atoms with Gasteiger partial charge in [0.2, 0.25) is 0 Å². The van der Waals surface area contributed by atoms with Gasteiger partial charge < -0.3 is 0 Å². The summed E-state index contributed by atoms with van der Waals surface area (Å²) in [5.41, 5.74) is 2.76. The fourth-order valence-electron chi connectivity index (χ4n) is 2.22. The number of sulfonamides is 1. The van der Waals surface area contributed by atoms with E-state index in [4.69, 9.17) is 11.6 Å². The van der Waals surface area contributed by atoms with Crippen molar-refractivity contribution in [3.63, 3.8) is 0 Å². The van der Waals surface area contributed by atoms with Gasteiger partial charge in [-0.25, -0.2) is 8.42 Å². The molecule has 1 heterocycles. The van der Waals surface area contributed by atoms with Gasteiger partial charge in [-0.2, -0.15) is 0 Å². The Bertz CT molecular complexity index is 905. The predicted octanol–water partition coefficient (Wildman–Crippen LogP) is 4.79. The third-order valence-corrected chi connectivity index (χ3v) is 6.35. The van der Waals surface area contributed by atoms with Gasteiger partial charge in [0.05, 0.1) is 4.34 Å². The Morgan fingerprint density at radius 2 is 1.65 bits per heavy atom. The van der Waals surface area contributed by atoms with Crippen molar-refractivity contribution < 1.29 is 8.42 Å². The average molecular weight is 364 g/mol. The van der Waals surface area contributed by atoms with Crippen molar-refractivity contribution in [3.8, 4) is 0 Å². The van der Waals surface area contributed by atoms with Crippen LogP contribution < -0.4 is 4.72 Å². The first kappa shape index (κ1) is 16.1. The van der Waals surface area contributed by atoms with Crippen molar-refractivity contribution in [2.45, 2.75) is 10.6 Å². The van der Waals surface area contributed by atoms with Gasteiger partial charge in [-0.1, -0.05) is 54.1 Å². The molecule has 0 fully saturated rings. The van der Waals surface area contributed by atoms with Gasteiger partial charge in [0.1, 0.15) is 4.21 Å². The second-order valence-corrected chi connectivity index (χ2v) is 8.65. The zero-order chi connectivity index (χ0) is 16.3. The topological polar surface area (TPSA) is 46.2 Å². The third kappa shape index (κ3) is 4.13. The summed E-state index contributed by atoms with van der Waals surface area (Å²) in [4.78, 5) is 0. The first-order valence-corrected chi connectivity index (χ1v) is 9.62. The fraction of sp³-hybridized carbons (Fsp3) is 0.0588. The highest BCUT2D eigenvalue weighted by Crippen LogP contribution is 2.27. The van der Waals surface area contributed by atoms with Crippen LogP contribution in [-0.4, -0.2) is 8.42 Å². The van der Waals surface area contributed by atoms with Crippen molar-refractivity contribution in [3.05, 3.63) is 82.2 Å². The molecule has 3 aromatic rings. The van der Waals surface area contributed by atoms with Crippen molar-refractivity contribution in [2.24, 2.45) is 0 Å². The van der Waals surface area contributed by atoms with Crippen LogP contribution in [0.4, 0.5) is 5.69 Å². The summed E-state index contributed by atoms with van der Waals surface area (Å²) >= 11 is 6.85. The maximum atomic E-state index is 12.3. The summed E-state index contributed by atoms with van der Waals surface area (Å²) in [5, 5.41) is 0. The summed E-state index contributed by atoms with van der Waals surface area (Å²) in [6.45, 7) is 0. The zero-order valence-electron chi connectivity index (χ0n) is 12.1. The maximum absolute atomic E-state index is 12.3. The lowest BCUT2D eigenvalue weighted by Gasteiger charge is -2.08. The lowest BCUT2D eigenvalue weighted by Crippen LogP contribution is -2.11. The number of hydrogen-bond acceptors (Lipinski definition) is 3. The van der Waals surface area contributed by atoms with Crippen LogP contribution in [0.3, 0.4) is 0 Å². The van der Waals surface area contributed by atoms with Gasteiger partial charge in [0, 0.05) is 5.69 Å². The number of halogens is 1. The molecule has 0 atom stereocenters. The molecule has 1 aromatic heterocycles. The molecule has 0 bridgehead atoms. The van der Waals surface area contributed by atoms with E-state index in [9.17, 15) is 8.42 Å². The summed E-state index contributed by atoms with van der Waals surface area (Å²) in [6, 6.07) is 20.5. The zero-order valence-corrected chi connectivity index (χ0v) is 14.5. The molecule has 0 radical (unpaired) electrons. The van der Waals surface area contributed by atoms with Gasteiger partial charge in [0.15, 0.2) is 0 Å². The lowest BCUT2D eigenvalue weighted by molar-refractivity contribution is 0.603. The molecule has 0 spiro atoms. The summed E-state index contributed by atoms with van der Waals surface area (Å²) in [7, 11) is -3.60. The predicted molar refractivity (Wildman–Crippen MR) is 95.8 cm³/mol. The highest BCUT2D eigenvalue weighted by Gasteiger charge is 2.16. The van der Waals surface area contributed by atoms with Crippen LogP contribution in [0.25, 0.3) is 0 Å². The second kappa shape index (κ2) is 6.74. The Balaban J connectivity index is 1.80. The first-order valence-electron chi connectivity index (χ1n) is 6.94. The minimum Gasteiger partial charge on any atom is -0.279 e. The molecule has 3 nitrogen and oxygen atoms in total. The van der Waals surface area contributed by atoms with Crippen LogP contribution in [0.5, 0.6) is 0 Å². The van der Waals surface area contributed by atoms with E-state index in [-0.39, 0.29) is 4.21 Å². The van der Waals surface area contributed by atoms with E-state index < -0.39 is 10.0 Å². The van der Waals surface area contributed by atoms with Crippen molar-refractivity contribution in [2.75, 3.05) is 4.72 Å². The number of anilines is 1. The van der Waals surface area contributed by atoms with E-state index in [2.05, 4.69) is 4.72 Å². The number of benzene rings is 2. The largest absolute Gasteiger partial charge is 0.279 e. The molecule has 0 aliphatic heterocycles. The summed E-state index contributed by atoms with van der Waals surface area (Å²) < 4.78 is 27.9. The molecule has 2 aromatic carbocycles. The molecule has 0 amide bonds. The highest BCUT2D eigenvalue weighted by molar-refractivity contribution is 7.94. The molecule has 0 unspecified atom stereocenters. The molecule has 0 aliphatic rings. The quantitative estimate of drug-likeness (QED) is 0.708. The van der Waals surface area contributed by atoms with Crippen molar-refractivity contribution in [1.29, 1.82) is 0 Å². The van der Waals surface area contributed by atoms with Crippen LogP contribution in [0.2, 0.25) is 4.34 Å². The number of hydrogen-bond donors (Lipinski definition) is 1. The Morgan fingerprint density at radius 3 is 2.35 bits per heavy atom. The van der Waals surface area contributed by atoms with Gasteiger partial charge in [0.25, 0.3) is 10.0 Å². The Kier molecular flexibility index (Phi) is 4.71. The van der Waals surface area contributed by atoms with Crippen LogP contribution >= 0.6 is 22.9 Å². The molecule has 6 heteroatoms. The summed E-state index contributed by atoms with van der Waals surface area (Å²) in [6.07, 6.45) is 0.751. The van der Waals surface area contributed by atoms with E-state index in [1.54, 1.807) is 12.1 Å². The first-order chi connectivity index (χ1) is 11.0. The molecule has 0 saturated heterocycles. The van der Waals surface area contributed by atoms with E-state index in [0.29, 0.717) is 10.0 Å². The highest BCUT2D eigenvalue weighted by atomic mass is 35.5. The van der Waals surface area contributed by atoms with E-state index in [1.807, 2.05) is 48.5 Å². The maximum Gasteiger partial charge on any atom is 0.271 e. The van der Waals surface area contributed by atoms with Crippen molar-refractivity contribution in [1.82, 2.24) is 0 Å². The molecular formula is C17H14ClNO2S2. The molecule has 1 N–H and O–H groups in total. The SMILES string of the molecule is O=S(=O)(Nc1cccc(Cc2ccccc2)c1)c1ccc(Cl)s1. The van der Waals surface area contributed by atoms with E-state index in [1.165, 1.54) is 11.6 Å². The van der Waals surface area contributed by atoms with Gasteiger partial charge >= 0.3 is 0 Å². The third-order valence-electron chi connectivity index (χ3n) is 3.24. The Morgan fingerprint density at radius 1 is 0.913 bits per heavy atom. The Hall–Kier alpha value is -1.82. The second-order valence-electron chi connectivity index (χ2n) is 5.03. The minimum absolute atomic E-state index is 0.205. The van der Waals surface area contributed by atoms with Gasteiger partial charge in [-0.15, -0.1) is 11.3 Å². The molecule has 0 aliphatic carbocycles. The number of thiophene rings is 1. The number of rotatable bonds is 5. The average Bonchev–Trinajstić information content (AvgIpc) is 2.96. The van der Waals surface area contributed by atoms with Gasteiger partial charge in [-0.3, -0.25) is 4.72 Å². The fourth-order valence-corrected chi connectivity index (χ4v) is 4.76. The molecule has 118 valence electrons. The van der Waals surface area contributed by atoms with E-state index in [0.717, 1.165) is 23.3 Å². The van der Waals surface area contributed by atoms with Crippen LogP contribution in [0, 0.1) is 0 Å². The Labute approximate surface area is 144 Å². The molecule has 0 saturated carbocycles. The van der Waals surface area contributed by atoms with Crippen LogP contribution in [0.1, 0.15) is 11.1 Å². The van der Waals surface area contributed by atoms with E-state index >= 15 is 0 Å². The van der Waals surface area contributed by atoms with Crippen LogP contribution in [0.15, 0.2) is 70.9 Å². The summed E-state index contributed by atoms with van der Waals surface area (Å²) in [5.74, 6) is 0. The normalized spacial score (nSPS) is 11.3. The smallest absolute Gasteiger partial charge is 0.271 e. The molecular weight excluding hydrogens is 350 g/mol. The minimum atomic E-state index is -3.60. The molecule has 3 rings (SSSR count). The number of nitrogens with one attached hydrogen (secondary N) is 1.